The van der Waals surface area contributed by atoms with E-state index in [0.29, 0.717) is 23.4 Å². The van der Waals surface area contributed by atoms with Gasteiger partial charge in [-0.3, -0.25) is 0 Å². The van der Waals surface area contributed by atoms with Crippen molar-refractivity contribution < 1.29 is 0 Å². The van der Waals surface area contributed by atoms with E-state index in [-0.39, 0.29) is 0 Å². The van der Waals surface area contributed by atoms with Gasteiger partial charge in [-0.25, -0.2) is 0 Å². The van der Waals surface area contributed by atoms with Crippen LogP contribution in [0.1, 0.15) is 11.1 Å². The molecule has 66 valence electrons. The Bertz CT molecular complexity index is 374. The molecule has 1 aromatic carbocycles. The number of nitrogens with two attached hydrogens (primary N) is 2. The van der Waals surface area contributed by atoms with Crippen molar-refractivity contribution in [1.29, 1.82) is 5.26 Å². The molecule has 3 heteroatoms. The van der Waals surface area contributed by atoms with Crippen molar-refractivity contribution in [3.05, 3.63) is 35.9 Å². The number of hydrogen-bond donors (Lipinski definition) is 2. The van der Waals surface area contributed by atoms with Crippen molar-refractivity contribution in [2.45, 2.75) is 6.42 Å². The van der Waals surface area contributed by atoms with Crippen LogP contribution in [-0.2, 0) is 6.42 Å². The first kappa shape index (κ1) is 9.14. The molecule has 0 amide bonds. The molecule has 0 aliphatic rings. The molecule has 0 spiro atoms. The highest BCUT2D eigenvalue weighted by Gasteiger charge is 2.06. The van der Waals surface area contributed by atoms with Crippen molar-refractivity contribution >= 4 is 11.4 Å². The lowest BCUT2D eigenvalue weighted by Gasteiger charge is -2.07. The van der Waals surface area contributed by atoms with Gasteiger partial charge >= 0.3 is 0 Å². The minimum Gasteiger partial charge on any atom is -0.398 e. The molecule has 1 aromatic rings. The number of benzene rings is 1. The smallest absolute Gasteiger partial charge is 0.101 e. The molecule has 1 rings (SSSR count). The molecule has 0 atom stereocenters. The lowest BCUT2D eigenvalue weighted by Crippen LogP contribution is -2.01. The van der Waals surface area contributed by atoms with Gasteiger partial charge in [-0.2, -0.15) is 5.26 Å². The topological polar surface area (TPSA) is 75.8 Å². The molecule has 0 fully saturated rings. The van der Waals surface area contributed by atoms with E-state index in [9.17, 15) is 0 Å². The van der Waals surface area contributed by atoms with Crippen LogP contribution in [0.25, 0.3) is 0 Å². The van der Waals surface area contributed by atoms with Gasteiger partial charge in [0.1, 0.15) is 6.07 Å². The van der Waals surface area contributed by atoms with E-state index < -0.39 is 0 Å². The highest BCUT2D eigenvalue weighted by Crippen LogP contribution is 2.23. The third-order valence-corrected chi connectivity index (χ3v) is 1.86. The summed E-state index contributed by atoms with van der Waals surface area (Å²) in [4.78, 5) is 0. The van der Waals surface area contributed by atoms with Crippen LogP contribution in [0.2, 0.25) is 0 Å². The number of nitriles is 1. The summed E-state index contributed by atoms with van der Waals surface area (Å²) in [6, 6.07) is 5.32. The average Bonchev–Trinajstić information content (AvgIpc) is 2.12. The number of nitrogen functional groups attached to an aromatic ring is 2. The third-order valence-electron chi connectivity index (χ3n) is 1.86. The van der Waals surface area contributed by atoms with Crippen LogP contribution in [0.5, 0.6) is 0 Å². The summed E-state index contributed by atoms with van der Waals surface area (Å²) < 4.78 is 0. The van der Waals surface area contributed by atoms with Crippen molar-refractivity contribution in [2.75, 3.05) is 11.5 Å². The molecule has 0 saturated heterocycles. The Balaban J connectivity index is 3.31. The lowest BCUT2D eigenvalue weighted by atomic mass is 10.0. The van der Waals surface area contributed by atoms with Crippen LogP contribution >= 0.6 is 0 Å². The highest BCUT2D eigenvalue weighted by molar-refractivity contribution is 5.68. The van der Waals surface area contributed by atoms with Gasteiger partial charge in [0.05, 0.1) is 11.3 Å². The third kappa shape index (κ3) is 1.62. The normalized spacial score (nSPS) is 9.15. The Morgan fingerprint density at radius 3 is 2.69 bits per heavy atom. The van der Waals surface area contributed by atoms with Gasteiger partial charge in [0.25, 0.3) is 0 Å². The van der Waals surface area contributed by atoms with E-state index in [4.69, 9.17) is 16.7 Å². The molecule has 3 nitrogen and oxygen atoms in total. The van der Waals surface area contributed by atoms with E-state index in [0.717, 1.165) is 5.56 Å². The second-order valence-electron chi connectivity index (χ2n) is 2.70. The molecule has 0 radical (unpaired) electrons. The summed E-state index contributed by atoms with van der Waals surface area (Å²) >= 11 is 0. The predicted octanol–water partition coefficient (Wildman–Crippen LogP) is 1.45. The summed E-state index contributed by atoms with van der Waals surface area (Å²) in [5, 5.41) is 8.71. The molecule has 0 aliphatic heterocycles. The molecular weight excluding hydrogens is 162 g/mol. The predicted molar refractivity (Wildman–Crippen MR) is 53.9 cm³/mol. The van der Waals surface area contributed by atoms with Crippen LogP contribution in [0.3, 0.4) is 0 Å². The second kappa shape index (κ2) is 3.63. The quantitative estimate of drug-likeness (QED) is 0.525. The maximum absolute atomic E-state index is 8.71. The molecule has 0 bridgehead atoms. The fourth-order valence-corrected chi connectivity index (χ4v) is 1.15. The maximum atomic E-state index is 8.71. The number of hydrogen-bond acceptors (Lipinski definition) is 3. The van der Waals surface area contributed by atoms with Crippen LogP contribution in [0.4, 0.5) is 11.4 Å². The van der Waals surface area contributed by atoms with Gasteiger partial charge in [-0.1, -0.05) is 6.08 Å². The fourth-order valence-electron chi connectivity index (χ4n) is 1.15. The van der Waals surface area contributed by atoms with Gasteiger partial charge in [-0.05, 0) is 18.6 Å². The van der Waals surface area contributed by atoms with E-state index in [2.05, 4.69) is 6.58 Å². The minimum atomic E-state index is 0.461. The van der Waals surface area contributed by atoms with Gasteiger partial charge in [0.2, 0.25) is 0 Å². The molecule has 0 aliphatic carbocycles. The number of nitrogens with zero attached hydrogens (tertiary/aromatic N) is 1. The van der Waals surface area contributed by atoms with Crippen molar-refractivity contribution in [3.63, 3.8) is 0 Å². The first-order valence-corrected chi connectivity index (χ1v) is 3.88. The average molecular weight is 173 g/mol. The number of rotatable bonds is 2. The fraction of sp³-hybridized carbons (Fsp3) is 0.100. The van der Waals surface area contributed by atoms with Crippen molar-refractivity contribution in [3.8, 4) is 6.07 Å². The van der Waals surface area contributed by atoms with E-state index in [1.54, 1.807) is 18.2 Å². The number of anilines is 2. The molecule has 0 saturated carbocycles. The van der Waals surface area contributed by atoms with Crippen LogP contribution in [0, 0.1) is 11.3 Å². The van der Waals surface area contributed by atoms with Crippen LogP contribution in [-0.4, -0.2) is 0 Å². The summed E-state index contributed by atoms with van der Waals surface area (Å²) in [5.41, 5.74) is 13.7. The lowest BCUT2D eigenvalue weighted by molar-refractivity contribution is 1.28. The molecule has 0 aromatic heterocycles. The Morgan fingerprint density at radius 1 is 1.46 bits per heavy atom. The van der Waals surface area contributed by atoms with Gasteiger partial charge < -0.3 is 11.5 Å². The largest absolute Gasteiger partial charge is 0.398 e. The van der Waals surface area contributed by atoms with Crippen LogP contribution < -0.4 is 11.5 Å². The standard InChI is InChI=1S/C10H11N3/c1-2-3-8-9(12)5-4-7(6-11)10(8)13/h2,4-5H,1,3,12-13H2. The molecule has 0 unspecified atom stereocenters. The van der Waals surface area contributed by atoms with Gasteiger partial charge in [0.15, 0.2) is 0 Å². The Morgan fingerprint density at radius 2 is 2.15 bits per heavy atom. The zero-order valence-electron chi connectivity index (χ0n) is 7.25. The molecular formula is C10H11N3. The second-order valence-corrected chi connectivity index (χ2v) is 2.70. The van der Waals surface area contributed by atoms with Crippen molar-refractivity contribution in [1.82, 2.24) is 0 Å². The van der Waals surface area contributed by atoms with E-state index in [1.807, 2.05) is 6.07 Å². The SMILES string of the molecule is C=CCc1c(N)ccc(C#N)c1N. The maximum Gasteiger partial charge on any atom is 0.101 e. The monoisotopic (exact) mass is 173 g/mol. The first-order valence-electron chi connectivity index (χ1n) is 3.88. The van der Waals surface area contributed by atoms with E-state index in [1.165, 1.54) is 0 Å². The summed E-state index contributed by atoms with van der Waals surface area (Å²) in [5.74, 6) is 0. The Kier molecular flexibility index (Phi) is 2.56. The first-order chi connectivity index (χ1) is 6.20. The molecule has 0 heterocycles. The summed E-state index contributed by atoms with van der Waals surface area (Å²) in [6.07, 6.45) is 2.30. The number of allylic oxidation sites excluding steroid dienone is 1. The van der Waals surface area contributed by atoms with Crippen LogP contribution in [0.15, 0.2) is 24.8 Å². The van der Waals surface area contributed by atoms with Gasteiger partial charge in [0, 0.05) is 11.3 Å². The zero-order valence-corrected chi connectivity index (χ0v) is 7.25. The van der Waals surface area contributed by atoms with E-state index >= 15 is 0 Å². The summed E-state index contributed by atoms with van der Waals surface area (Å²) in [7, 11) is 0. The Hall–Kier alpha value is -1.95. The van der Waals surface area contributed by atoms with Crippen molar-refractivity contribution in [2.24, 2.45) is 0 Å². The molecule has 4 N–H and O–H groups in total. The van der Waals surface area contributed by atoms with Gasteiger partial charge in [-0.15, -0.1) is 6.58 Å². The summed E-state index contributed by atoms with van der Waals surface area (Å²) in [6.45, 7) is 3.60. The highest BCUT2D eigenvalue weighted by atomic mass is 14.6. The Labute approximate surface area is 77.3 Å². The minimum absolute atomic E-state index is 0.461. The zero-order chi connectivity index (χ0) is 9.84. The molecule has 13 heavy (non-hydrogen) atoms.